The molecule has 6 nitrogen and oxygen atoms in total. The van der Waals surface area contributed by atoms with Crippen molar-refractivity contribution in [3.8, 4) is 11.4 Å². The zero-order chi connectivity index (χ0) is 17.4. The zero-order valence-corrected chi connectivity index (χ0v) is 14.3. The van der Waals surface area contributed by atoms with Crippen LogP contribution in [0.1, 0.15) is 0 Å². The van der Waals surface area contributed by atoms with Gasteiger partial charge in [-0.3, -0.25) is 0 Å². The van der Waals surface area contributed by atoms with Crippen molar-refractivity contribution in [1.82, 2.24) is 18.9 Å². The molecule has 0 spiro atoms. The van der Waals surface area contributed by atoms with E-state index in [0.717, 1.165) is 9.54 Å². The van der Waals surface area contributed by atoms with E-state index in [9.17, 15) is 8.42 Å². The first-order valence-electron chi connectivity index (χ1n) is 7.34. The summed E-state index contributed by atoms with van der Waals surface area (Å²) in [4.78, 5) is 12.8. The van der Waals surface area contributed by atoms with Crippen LogP contribution >= 0.6 is 11.6 Å². The molecule has 0 fully saturated rings. The lowest BCUT2D eigenvalue weighted by atomic mass is 10.2. The van der Waals surface area contributed by atoms with E-state index in [-0.39, 0.29) is 21.2 Å². The van der Waals surface area contributed by atoms with E-state index >= 15 is 0 Å². The van der Waals surface area contributed by atoms with E-state index in [2.05, 4.69) is 15.0 Å². The molecule has 0 radical (unpaired) electrons. The summed E-state index contributed by atoms with van der Waals surface area (Å²) in [7, 11) is -3.83. The molecule has 0 saturated heterocycles. The van der Waals surface area contributed by atoms with Crippen molar-refractivity contribution in [3.05, 3.63) is 72.1 Å². The highest BCUT2D eigenvalue weighted by Gasteiger charge is 2.22. The minimum atomic E-state index is -3.83. The van der Waals surface area contributed by atoms with Crippen LogP contribution in [-0.4, -0.2) is 27.3 Å². The maximum atomic E-state index is 12.9. The Kier molecular flexibility index (Phi) is 3.74. The van der Waals surface area contributed by atoms with E-state index < -0.39 is 10.0 Å². The second-order valence-electron chi connectivity index (χ2n) is 5.23. The molecule has 0 aliphatic rings. The van der Waals surface area contributed by atoms with Gasteiger partial charge in [0.05, 0.1) is 4.90 Å². The highest BCUT2D eigenvalue weighted by molar-refractivity contribution is 7.90. The van der Waals surface area contributed by atoms with Gasteiger partial charge in [-0.25, -0.2) is 27.3 Å². The number of fused-ring (bicyclic) bond motifs is 1. The second-order valence-corrected chi connectivity index (χ2v) is 7.41. The van der Waals surface area contributed by atoms with Gasteiger partial charge in [-0.2, -0.15) is 0 Å². The van der Waals surface area contributed by atoms with Gasteiger partial charge >= 0.3 is 0 Å². The van der Waals surface area contributed by atoms with Gasteiger partial charge in [0.25, 0.3) is 10.0 Å². The summed E-state index contributed by atoms with van der Waals surface area (Å²) in [6.07, 6.45) is 1.20. The van der Waals surface area contributed by atoms with Gasteiger partial charge in [0.15, 0.2) is 16.6 Å². The van der Waals surface area contributed by atoms with Gasteiger partial charge in [-0.15, -0.1) is 0 Å². The molecule has 0 amide bonds. The van der Waals surface area contributed by atoms with Crippen molar-refractivity contribution >= 4 is 32.8 Å². The Morgan fingerprint density at radius 3 is 2.20 bits per heavy atom. The van der Waals surface area contributed by atoms with Crippen molar-refractivity contribution in [3.63, 3.8) is 0 Å². The summed E-state index contributed by atoms with van der Waals surface area (Å²) < 4.78 is 26.8. The van der Waals surface area contributed by atoms with Gasteiger partial charge in [0, 0.05) is 5.56 Å². The third kappa shape index (κ3) is 2.67. The number of hydrogen-bond donors (Lipinski definition) is 0. The van der Waals surface area contributed by atoms with Gasteiger partial charge in [-0.1, -0.05) is 60.1 Å². The average molecular weight is 371 g/mol. The Hall–Kier alpha value is -2.77. The lowest BCUT2D eigenvalue weighted by Gasteiger charge is -2.07. The minimum Gasteiger partial charge on any atom is -0.231 e. The Morgan fingerprint density at radius 1 is 0.880 bits per heavy atom. The summed E-state index contributed by atoms with van der Waals surface area (Å²) >= 11 is 6.20. The van der Waals surface area contributed by atoms with Crippen LogP contribution in [0.4, 0.5) is 0 Å². The Balaban J connectivity index is 1.96. The molecule has 0 aliphatic heterocycles. The average Bonchev–Trinajstić information content (AvgIpc) is 3.08. The first kappa shape index (κ1) is 15.7. The molecular weight excluding hydrogens is 360 g/mol. The lowest BCUT2D eigenvalue weighted by Crippen LogP contribution is -2.12. The predicted octanol–water partition coefficient (Wildman–Crippen LogP) is 3.38. The molecule has 4 rings (SSSR count). The topological polar surface area (TPSA) is 77.7 Å². The van der Waals surface area contributed by atoms with E-state index in [4.69, 9.17) is 11.6 Å². The van der Waals surface area contributed by atoms with E-state index in [0.29, 0.717) is 5.82 Å². The summed E-state index contributed by atoms with van der Waals surface area (Å²) in [5, 5.41) is 0.103. The molecule has 4 aromatic rings. The summed E-state index contributed by atoms with van der Waals surface area (Å²) in [5.41, 5.74) is 1.11. The van der Waals surface area contributed by atoms with Crippen LogP contribution in [0.3, 0.4) is 0 Å². The van der Waals surface area contributed by atoms with E-state index in [1.54, 1.807) is 18.2 Å². The van der Waals surface area contributed by atoms with Crippen LogP contribution in [0.15, 0.2) is 71.9 Å². The van der Waals surface area contributed by atoms with Crippen molar-refractivity contribution in [2.75, 3.05) is 0 Å². The highest BCUT2D eigenvalue weighted by atomic mass is 35.5. The van der Waals surface area contributed by atoms with Gasteiger partial charge in [0.2, 0.25) is 0 Å². The van der Waals surface area contributed by atoms with E-state index in [1.807, 2.05) is 30.3 Å². The molecule has 0 saturated carbocycles. The number of rotatable bonds is 3. The molecule has 0 N–H and O–H groups in total. The summed E-state index contributed by atoms with van der Waals surface area (Å²) in [6.45, 7) is 0. The molecule has 25 heavy (non-hydrogen) atoms. The molecule has 8 heteroatoms. The molecule has 0 bridgehead atoms. The normalized spacial score (nSPS) is 11.7. The van der Waals surface area contributed by atoms with E-state index in [1.165, 1.54) is 18.5 Å². The molecular formula is C17H11ClN4O2S. The highest BCUT2D eigenvalue weighted by Crippen LogP contribution is 2.26. The molecule has 124 valence electrons. The Bertz CT molecular complexity index is 1160. The van der Waals surface area contributed by atoms with Crippen LogP contribution in [0.25, 0.3) is 22.6 Å². The zero-order valence-electron chi connectivity index (χ0n) is 12.7. The van der Waals surface area contributed by atoms with Gasteiger partial charge in [-0.05, 0) is 12.1 Å². The molecule has 2 heterocycles. The van der Waals surface area contributed by atoms with Crippen molar-refractivity contribution in [1.29, 1.82) is 0 Å². The number of halogens is 1. The quantitative estimate of drug-likeness (QED) is 0.516. The minimum absolute atomic E-state index is 0.103. The predicted molar refractivity (Wildman–Crippen MR) is 94.8 cm³/mol. The number of nitrogens with zero attached hydrogens (tertiary/aromatic N) is 4. The van der Waals surface area contributed by atoms with Crippen LogP contribution in [0.5, 0.6) is 0 Å². The molecule has 2 aromatic heterocycles. The number of aromatic nitrogens is 4. The van der Waals surface area contributed by atoms with Crippen molar-refractivity contribution < 1.29 is 8.42 Å². The maximum absolute atomic E-state index is 12.9. The second kappa shape index (κ2) is 5.94. The SMILES string of the molecule is O=S(=O)(c1ccccc1)n1cnc2c(Cl)nc(-c3ccccc3)nc21. The third-order valence-corrected chi connectivity index (χ3v) is 5.57. The third-order valence-electron chi connectivity index (χ3n) is 3.66. The number of imidazole rings is 1. The summed E-state index contributed by atoms with van der Waals surface area (Å²) in [6, 6.07) is 17.3. The monoisotopic (exact) mass is 370 g/mol. The Labute approximate surface area is 148 Å². The fourth-order valence-electron chi connectivity index (χ4n) is 2.44. The van der Waals surface area contributed by atoms with Crippen LogP contribution < -0.4 is 0 Å². The van der Waals surface area contributed by atoms with Crippen LogP contribution in [0.2, 0.25) is 5.15 Å². The molecule has 0 aliphatic carbocycles. The fraction of sp³-hybridized carbons (Fsp3) is 0. The van der Waals surface area contributed by atoms with Gasteiger partial charge < -0.3 is 0 Å². The fourth-order valence-corrected chi connectivity index (χ4v) is 3.91. The molecule has 2 aromatic carbocycles. The molecule has 0 unspecified atom stereocenters. The smallest absolute Gasteiger partial charge is 0.231 e. The summed E-state index contributed by atoms with van der Waals surface area (Å²) in [5.74, 6) is 0.336. The van der Waals surface area contributed by atoms with Crippen molar-refractivity contribution in [2.24, 2.45) is 0 Å². The van der Waals surface area contributed by atoms with Crippen LogP contribution in [0, 0.1) is 0 Å². The maximum Gasteiger partial charge on any atom is 0.270 e. The van der Waals surface area contributed by atoms with Gasteiger partial charge in [0.1, 0.15) is 11.8 Å². The molecule has 0 atom stereocenters. The van der Waals surface area contributed by atoms with Crippen molar-refractivity contribution in [2.45, 2.75) is 4.90 Å². The van der Waals surface area contributed by atoms with Crippen LogP contribution in [-0.2, 0) is 10.0 Å². The number of hydrogen-bond acceptors (Lipinski definition) is 5. The largest absolute Gasteiger partial charge is 0.270 e. The Morgan fingerprint density at radius 2 is 1.52 bits per heavy atom. The first-order chi connectivity index (χ1) is 12.1. The standard InChI is InChI=1S/C17H11ClN4O2S/c18-15-14-17(21-16(20-15)12-7-3-1-4-8-12)22(11-19-14)25(23,24)13-9-5-2-6-10-13/h1-11H. The number of benzene rings is 2. The first-order valence-corrected chi connectivity index (χ1v) is 9.16. The lowest BCUT2D eigenvalue weighted by molar-refractivity contribution is 0.588.